The number of aromatic nitrogens is 2. The zero-order chi connectivity index (χ0) is 21.8. The quantitative estimate of drug-likeness (QED) is 0.363. The van der Waals surface area contributed by atoms with Crippen LogP contribution in [0, 0.1) is 5.82 Å². The number of methoxy groups -OCH3 is 1. The molecule has 1 N–H and O–H groups in total. The van der Waals surface area contributed by atoms with Crippen molar-refractivity contribution in [2.75, 3.05) is 12.5 Å². The molecule has 1 amide bonds. The first-order valence-corrected chi connectivity index (χ1v) is 10.4. The van der Waals surface area contributed by atoms with Crippen LogP contribution in [-0.4, -0.2) is 22.7 Å². The summed E-state index contributed by atoms with van der Waals surface area (Å²) in [4.78, 5) is 30.4. The number of halogens is 1. The maximum absolute atomic E-state index is 13.2. The molecular weight excluding hydrogens is 417 g/mol. The Labute approximate surface area is 181 Å². The number of fused-ring (bicyclic) bond motifs is 1. The highest BCUT2D eigenvalue weighted by Gasteiger charge is 2.15. The van der Waals surface area contributed by atoms with Crippen molar-refractivity contribution in [1.82, 2.24) is 9.66 Å². The highest BCUT2D eigenvalue weighted by molar-refractivity contribution is 7.98. The normalized spacial score (nSPS) is 10.8. The number of nitrogens with zero attached hydrogens (tertiary/aromatic N) is 2. The summed E-state index contributed by atoms with van der Waals surface area (Å²) >= 11 is 1.27. The van der Waals surface area contributed by atoms with E-state index in [2.05, 4.69) is 10.4 Å². The van der Waals surface area contributed by atoms with Crippen LogP contribution in [0.1, 0.15) is 15.9 Å². The van der Waals surface area contributed by atoms with Gasteiger partial charge in [-0.1, -0.05) is 36.0 Å². The zero-order valence-corrected chi connectivity index (χ0v) is 17.4. The Bertz CT molecular complexity index is 1290. The van der Waals surface area contributed by atoms with Gasteiger partial charge >= 0.3 is 0 Å². The Morgan fingerprint density at radius 3 is 2.48 bits per heavy atom. The van der Waals surface area contributed by atoms with E-state index in [1.54, 1.807) is 67.8 Å². The molecule has 0 aliphatic rings. The van der Waals surface area contributed by atoms with Crippen LogP contribution in [0.3, 0.4) is 0 Å². The number of hydrogen-bond acceptors (Lipinski definition) is 5. The number of amides is 1. The molecule has 0 fully saturated rings. The fraction of sp³-hybridized carbons (Fsp3) is 0.0870. The standard InChI is InChI=1S/C23H18FN3O3S/c1-30-18-12-8-16(9-13-18)21(28)26-27-22(29)19-4-2-3-5-20(19)25-23(27)31-14-15-6-10-17(24)11-7-15/h2-13H,14H2,1H3,(H,26,28). The van der Waals surface area contributed by atoms with E-state index in [1.165, 1.54) is 23.9 Å². The third-order valence-electron chi connectivity index (χ3n) is 4.59. The first-order valence-electron chi connectivity index (χ1n) is 9.39. The lowest BCUT2D eigenvalue weighted by atomic mass is 10.2. The summed E-state index contributed by atoms with van der Waals surface area (Å²) in [6.45, 7) is 0. The Hall–Kier alpha value is -3.65. The Balaban J connectivity index is 1.68. The predicted octanol–water partition coefficient (Wildman–Crippen LogP) is 4.22. The summed E-state index contributed by atoms with van der Waals surface area (Å²) in [5, 5.41) is 0.721. The van der Waals surface area contributed by atoms with Crippen LogP contribution in [0.15, 0.2) is 82.7 Å². The molecule has 0 spiro atoms. The molecule has 1 aromatic heterocycles. The molecule has 1 heterocycles. The van der Waals surface area contributed by atoms with Crippen LogP contribution >= 0.6 is 11.8 Å². The van der Waals surface area contributed by atoms with Crippen molar-refractivity contribution in [1.29, 1.82) is 0 Å². The zero-order valence-electron chi connectivity index (χ0n) is 16.5. The van der Waals surface area contributed by atoms with Crippen LogP contribution in [-0.2, 0) is 5.75 Å². The lowest BCUT2D eigenvalue weighted by Crippen LogP contribution is -2.35. The molecule has 0 saturated heterocycles. The minimum atomic E-state index is -0.453. The van der Waals surface area contributed by atoms with Gasteiger partial charge in [-0.05, 0) is 54.1 Å². The van der Waals surface area contributed by atoms with E-state index in [4.69, 9.17) is 4.74 Å². The van der Waals surface area contributed by atoms with Gasteiger partial charge in [0.05, 0.1) is 18.0 Å². The Morgan fingerprint density at radius 2 is 1.77 bits per heavy atom. The van der Waals surface area contributed by atoms with Crippen molar-refractivity contribution in [3.05, 3.63) is 100 Å². The second kappa shape index (κ2) is 9.01. The smallest absolute Gasteiger partial charge is 0.281 e. The average Bonchev–Trinajstić information content (AvgIpc) is 2.81. The van der Waals surface area contributed by atoms with Crippen LogP contribution in [0.2, 0.25) is 0 Å². The van der Waals surface area contributed by atoms with E-state index in [0.29, 0.717) is 33.1 Å². The Morgan fingerprint density at radius 1 is 1.06 bits per heavy atom. The molecule has 3 aromatic carbocycles. The van der Waals surface area contributed by atoms with Gasteiger partial charge in [0, 0.05) is 11.3 Å². The molecule has 0 saturated carbocycles. The molecule has 6 nitrogen and oxygen atoms in total. The van der Waals surface area contributed by atoms with E-state index < -0.39 is 5.91 Å². The van der Waals surface area contributed by atoms with Gasteiger partial charge in [0.15, 0.2) is 5.16 Å². The van der Waals surface area contributed by atoms with Crippen molar-refractivity contribution >= 4 is 28.6 Å². The van der Waals surface area contributed by atoms with Crippen LogP contribution in [0.4, 0.5) is 4.39 Å². The largest absolute Gasteiger partial charge is 0.497 e. The third kappa shape index (κ3) is 4.59. The first-order chi connectivity index (χ1) is 15.0. The number of carbonyl (C=O) groups is 1. The summed E-state index contributed by atoms with van der Waals surface area (Å²) in [5.41, 5.74) is 4.04. The molecular formula is C23H18FN3O3S. The molecule has 4 aromatic rings. The van der Waals surface area contributed by atoms with Crippen molar-refractivity contribution in [2.24, 2.45) is 0 Å². The third-order valence-corrected chi connectivity index (χ3v) is 5.60. The van der Waals surface area contributed by atoms with Crippen LogP contribution in [0.5, 0.6) is 5.75 Å². The average molecular weight is 435 g/mol. The number of benzene rings is 3. The molecule has 156 valence electrons. The number of rotatable bonds is 6. The number of thioether (sulfide) groups is 1. The number of carbonyl (C=O) groups excluding carboxylic acids is 1. The second-order valence-corrected chi connectivity index (χ2v) is 7.58. The van der Waals surface area contributed by atoms with Crippen molar-refractivity contribution < 1.29 is 13.9 Å². The van der Waals surface area contributed by atoms with E-state index in [0.717, 1.165) is 10.2 Å². The maximum atomic E-state index is 13.2. The van der Waals surface area contributed by atoms with E-state index in [1.807, 2.05) is 0 Å². The highest BCUT2D eigenvalue weighted by atomic mass is 32.2. The van der Waals surface area contributed by atoms with Gasteiger partial charge in [-0.15, -0.1) is 0 Å². The van der Waals surface area contributed by atoms with Crippen molar-refractivity contribution in [3.8, 4) is 5.75 Å². The summed E-state index contributed by atoms with van der Waals surface area (Å²) in [6.07, 6.45) is 0. The number of ether oxygens (including phenoxy) is 1. The fourth-order valence-electron chi connectivity index (χ4n) is 2.94. The molecule has 0 radical (unpaired) electrons. The monoisotopic (exact) mass is 435 g/mol. The molecule has 8 heteroatoms. The number of hydrogen-bond donors (Lipinski definition) is 1. The summed E-state index contributed by atoms with van der Waals surface area (Å²) in [6, 6.07) is 19.6. The maximum Gasteiger partial charge on any atom is 0.281 e. The van der Waals surface area contributed by atoms with Gasteiger partial charge in [-0.25, -0.2) is 9.37 Å². The van der Waals surface area contributed by atoms with Gasteiger partial charge in [-0.3, -0.25) is 15.0 Å². The van der Waals surface area contributed by atoms with Gasteiger partial charge in [-0.2, -0.15) is 4.68 Å². The van der Waals surface area contributed by atoms with Gasteiger partial charge in [0.1, 0.15) is 11.6 Å². The molecule has 0 atom stereocenters. The summed E-state index contributed by atoms with van der Waals surface area (Å²) in [7, 11) is 1.54. The lowest BCUT2D eigenvalue weighted by molar-refractivity contribution is 0.100. The minimum Gasteiger partial charge on any atom is -0.497 e. The minimum absolute atomic E-state index is 0.318. The molecule has 0 aliphatic carbocycles. The van der Waals surface area contributed by atoms with Crippen LogP contribution in [0.25, 0.3) is 10.9 Å². The highest BCUT2D eigenvalue weighted by Crippen LogP contribution is 2.22. The molecule has 0 bridgehead atoms. The van der Waals surface area contributed by atoms with E-state index in [-0.39, 0.29) is 11.4 Å². The molecule has 0 aliphatic heterocycles. The van der Waals surface area contributed by atoms with Gasteiger partial charge in [0.25, 0.3) is 11.5 Å². The Kier molecular flexibility index (Phi) is 5.99. The van der Waals surface area contributed by atoms with Gasteiger partial charge < -0.3 is 4.74 Å². The van der Waals surface area contributed by atoms with Crippen molar-refractivity contribution in [3.63, 3.8) is 0 Å². The molecule has 0 unspecified atom stereocenters. The van der Waals surface area contributed by atoms with E-state index in [9.17, 15) is 14.0 Å². The lowest BCUT2D eigenvalue weighted by Gasteiger charge is -2.14. The van der Waals surface area contributed by atoms with Crippen molar-refractivity contribution in [2.45, 2.75) is 10.9 Å². The molecule has 31 heavy (non-hydrogen) atoms. The molecule has 4 rings (SSSR count). The number of para-hydroxylation sites is 1. The van der Waals surface area contributed by atoms with E-state index >= 15 is 0 Å². The fourth-order valence-corrected chi connectivity index (χ4v) is 3.85. The second-order valence-electron chi connectivity index (χ2n) is 6.64. The first kappa shape index (κ1) is 20.6. The predicted molar refractivity (Wildman–Crippen MR) is 119 cm³/mol. The summed E-state index contributed by atoms with van der Waals surface area (Å²) in [5.74, 6) is 0.298. The van der Waals surface area contributed by atoms with Gasteiger partial charge in [0.2, 0.25) is 0 Å². The summed E-state index contributed by atoms with van der Waals surface area (Å²) < 4.78 is 19.4. The number of nitrogens with one attached hydrogen (secondary N) is 1. The topological polar surface area (TPSA) is 73.2 Å². The van der Waals surface area contributed by atoms with Crippen LogP contribution < -0.4 is 15.7 Å². The SMILES string of the molecule is COc1ccc(C(=O)Nn2c(SCc3ccc(F)cc3)nc3ccccc3c2=O)cc1.